The summed E-state index contributed by atoms with van der Waals surface area (Å²) in [4.78, 5) is 25.3. The molecule has 2 heterocycles. The summed E-state index contributed by atoms with van der Waals surface area (Å²) in [5.74, 6) is -0.559. The predicted octanol–water partition coefficient (Wildman–Crippen LogP) is 2.01. The van der Waals surface area contributed by atoms with E-state index >= 15 is 0 Å². The molecule has 0 spiro atoms. The molecule has 0 bridgehead atoms. The Labute approximate surface area is 129 Å². The lowest BCUT2D eigenvalue weighted by molar-refractivity contribution is -0.147. The van der Waals surface area contributed by atoms with Crippen LogP contribution in [0, 0.1) is 5.92 Å². The highest BCUT2D eigenvalue weighted by Gasteiger charge is 2.33. The number of amides is 1. The van der Waals surface area contributed by atoms with Crippen LogP contribution in [0.5, 0.6) is 0 Å². The van der Waals surface area contributed by atoms with Gasteiger partial charge in [-0.3, -0.25) is 9.59 Å². The third-order valence-electron chi connectivity index (χ3n) is 4.61. The topological polar surface area (TPSA) is 66.8 Å². The minimum Gasteiger partial charge on any atom is -0.481 e. The lowest BCUT2D eigenvalue weighted by Crippen LogP contribution is -2.43. The molecule has 1 unspecified atom stereocenters. The van der Waals surface area contributed by atoms with E-state index in [1.54, 1.807) is 0 Å². The molecule has 0 aliphatic carbocycles. The molecule has 5 nitrogen and oxygen atoms in total. The van der Waals surface area contributed by atoms with Crippen molar-refractivity contribution < 1.29 is 19.4 Å². The van der Waals surface area contributed by atoms with Crippen molar-refractivity contribution in [3.8, 4) is 0 Å². The van der Waals surface area contributed by atoms with Gasteiger partial charge in [0.1, 0.15) is 0 Å². The maximum atomic E-state index is 12.7. The number of likely N-dealkylation sites (tertiary alicyclic amines) is 1. The molecule has 0 radical (unpaired) electrons. The number of ether oxygens (including phenoxy) is 1. The zero-order valence-electron chi connectivity index (χ0n) is 12.5. The maximum Gasteiger partial charge on any atom is 0.303 e. The molecular weight excluding hydrogens is 282 g/mol. The summed E-state index contributed by atoms with van der Waals surface area (Å²) >= 11 is 0. The van der Waals surface area contributed by atoms with Crippen LogP contribution in [0.2, 0.25) is 0 Å². The molecule has 1 amide bonds. The number of hydrogen-bond acceptors (Lipinski definition) is 3. The first-order valence-corrected chi connectivity index (χ1v) is 7.85. The van der Waals surface area contributed by atoms with Crippen molar-refractivity contribution in [2.24, 2.45) is 5.92 Å². The Balaban J connectivity index is 1.65. The van der Waals surface area contributed by atoms with Gasteiger partial charge in [-0.15, -0.1) is 0 Å². The van der Waals surface area contributed by atoms with Crippen molar-refractivity contribution in [3.05, 3.63) is 35.4 Å². The molecule has 1 aromatic carbocycles. The number of carbonyl (C=O) groups excluding carboxylic acids is 1. The maximum absolute atomic E-state index is 12.7. The molecule has 0 aromatic heterocycles. The van der Waals surface area contributed by atoms with E-state index in [4.69, 9.17) is 9.84 Å². The summed E-state index contributed by atoms with van der Waals surface area (Å²) in [7, 11) is 0. The first-order chi connectivity index (χ1) is 10.6. The summed E-state index contributed by atoms with van der Waals surface area (Å²) in [6, 6.07) is 7.95. The average Bonchev–Trinajstić information content (AvgIpc) is 2.54. The molecule has 1 aromatic rings. The number of carbonyl (C=O) groups is 2. The zero-order valence-corrected chi connectivity index (χ0v) is 12.5. The molecule has 22 heavy (non-hydrogen) atoms. The molecule has 1 fully saturated rings. The number of aliphatic carboxylic acids is 1. The molecule has 0 saturated carbocycles. The summed E-state index contributed by atoms with van der Waals surface area (Å²) in [5, 5.41) is 8.85. The van der Waals surface area contributed by atoms with Crippen molar-refractivity contribution in [1.29, 1.82) is 0 Å². The fourth-order valence-electron chi connectivity index (χ4n) is 3.37. The normalized spacial score (nSPS) is 22.2. The van der Waals surface area contributed by atoms with Crippen LogP contribution < -0.4 is 0 Å². The fourth-order valence-corrected chi connectivity index (χ4v) is 3.37. The highest BCUT2D eigenvalue weighted by Crippen LogP contribution is 2.30. The number of hydrogen-bond donors (Lipinski definition) is 1. The molecule has 2 aliphatic rings. The first-order valence-electron chi connectivity index (χ1n) is 7.85. The highest BCUT2D eigenvalue weighted by molar-refractivity contribution is 5.83. The van der Waals surface area contributed by atoms with E-state index in [2.05, 4.69) is 6.07 Å². The van der Waals surface area contributed by atoms with E-state index < -0.39 is 12.1 Å². The highest BCUT2D eigenvalue weighted by atomic mass is 16.5. The van der Waals surface area contributed by atoms with Crippen molar-refractivity contribution in [3.63, 3.8) is 0 Å². The van der Waals surface area contributed by atoms with Crippen molar-refractivity contribution in [1.82, 2.24) is 4.90 Å². The molecule has 5 heteroatoms. The second-order valence-corrected chi connectivity index (χ2v) is 6.07. The van der Waals surface area contributed by atoms with Crippen LogP contribution in [0.15, 0.2) is 24.3 Å². The smallest absolute Gasteiger partial charge is 0.303 e. The molecule has 3 rings (SSSR count). The molecule has 118 valence electrons. The number of nitrogens with zero attached hydrogens (tertiary/aromatic N) is 1. The van der Waals surface area contributed by atoms with Crippen LogP contribution in [0.25, 0.3) is 0 Å². The summed E-state index contributed by atoms with van der Waals surface area (Å²) in [6.07, 6.45) is 2.06. The number of fused-ring (bicyclic) bond motifs is 1. The van der Waals surface area contributed by atoms with E-state index in [9.17, 15) is 9.59 Å². The Bertz CT molecular complexity index is 564. The first kappa shape index (κ1) is 15.0. The van der Waals surface area contributed by atoms with Crippen LogP contribution in [0.1, 0.15) is 36.5 Å². The summed E-state index contributed by atoms with van der Waals surface area (Å²) in [6.45, 7) is 1.82. The molecule has 1 atom stereocenters. The summed E-state index contributed by atoms with van der Waals surface area (Å²) in [5.41, 5.74) is 2.17. The van der Waals surface area contributed by atoms with Gasteiger partial charge in [0.2, 0.25) is 0 Å². The Kier molecular flexibility index (Phi) is 4.43. The minimum atomic E-state index is -0.755. The minimum absolute atomic E-state index is 0.0147. The third-order valence-corrected chi connectivity index (χ3v) is 4.61. The third kappa shape index (κ3) is 3.14. The summed E-state index contributed by atoms with van der Waals surface area (Å²) < 4.78 is 5.73. The van der Waals surface area contributed by atoms with Crippen LogP contribution in [0.3, 0.4) is 0 Å². The van der Waals surface area contributed by atoms with E-state index in [1.807, 2.05) is 23.1 Å². The molecule has 2 aliphatic heterocycles. The number of rotatable bonds is 3. The van der Waals surface area contributed by atoms with Crippen LogP contribution in [-0.4, -0.2) is 41.6 Å². The lowest BCUT2D eigenvalue weighted by atomic mass is 9.92. The zero-order chi connectivity index (χ0) is 15.5. The van der Waals surface area contributed by atoms with Crippen LogP contribution >= 0.6 is 0 Å². The Hall–Kier alpha value is -1.88. The number of carboxylic acid groups (broad SMARTS) is 1. The number of carboxylic acids is 1. The quantitative estimate of drug-likeness (QED) is 0.927. The van der Waals surface area contributed by atoms with E-state index in [0.29, 0.717) is 19.7 Å². The largest absolute Gasteiger partial charge is 0.481 e. The molecular formula is C17H21NO4. The van der Waals surface area contributed by atoms with E-state index in [-0.39, 0.29) is 18.2 Å². The lowest BCUT2D eigenvalue weighted by Gasteiger charge is -2.35. The average molecular weight is 303 g/mol. The Morgan fingerprint density at radius 1 is 1.23 bits per heavy atom. The molecule has 1 saturated heterocycles. The van der Waals surface area contributed by atoms with Crippen molar-refractivity contribution >= 4 is 11.9 Å². The fraction of sp³-hybridized carbons (Fsp3) is 0.529. The SMILES string of the molecule is O=C(O)CC1CCN(C(=O)C2OCCc3ccccc32)CC1. The van der Waals surface area contributed by atoms with Gasteiger partial charge in [-0.25, -0.2) is 0 Å². The van der Waals surface area contributed by atoms with Gasteiger partial charge in [-0.1, -0.05) is 24.3 Å². The molecule has 1 N–H and O–H groups in total. The second kappa shape index (κ2) is 6.48. The Morgan fingerprint density at radius 3 is 2.68 bits per heavy atom. The van der Waals surface area contributed by atoms with Gasteiger partial charge in [0.15, 0.2) is 6.10 Å². The van der Waals surface area contributed by atoms with E-state index in [1.165, 1.54) is 5.56 Å². The second-order valence-electron chi connectivity index (χ2n) is 6.07. The van der Waals surface area contributed by atoms with E-state index in [0.717, 1.165) is 24.8 Å². The van der Waals surface area contributed by atoms with Gasteiger partial charge in [0.05, 0.1) is 6.61 Å². The van der Waals surface area contributed by atoms with Crippen molar-refractivity contribution in [2.75, 3.05) is 19.7 Å². The van der Waals surface area contributed by atoms with Crippen LogP contribution in [0.4, 0.5) is 0 Å². The van der Waals surface area contributed by atoms with Gasteiger partial charge in [0.25, 0.3) is 5.91 Å². The van der Waals surface area contributed by atoms with Crippen molar-refractivity contribution in [2.45, 2.75) is 31.8 Å². The van der Waals surface area contributed by atoms with Crippen LogP contribution in [-0.2, 0) is 20.7 Å². The monoisotopic (exact) mass is 303 g/mol. The standard InChI is InChI=1S/C17H21NO4/c19-15(20)11-12-5-8-18(9-6-12)17(21)16-14-4-2-1-3-13(14)7-10-22-16/h1-4,12,16H,5-11H2,(H,19,20). The predicted molar refractivity (Wildman–Crippen MR) is 80.4 cm³/mol. The number of piperidine rings is 1. The van der Waals surface area contributed by atoms with Gasteiger partial charge in [-0.2, -0.15) is 0 Å². The Morgan fingerprint density at radius 2 is 1.95 bits per heavy atom. The number of benzene rings is 1. The van der Waals surface area contributed by atoms with Gasteiger partial charge in [0, 0.05) is 19.5 Å². The van der Waals surface area contributed by atoms with Gasteiger partial charge < -0.3 is 14.7 Å². The van der Waals surface area contributed by atoms with Gasteiger partial charge in [-0.05, 0) is 36.3 Å². The van der Waals surface area contributed by atoms with Gasteiger partial charge >= 0.3 is 5.97 Å².